The Balaban J connectivity index is 1.70. The Morgan fingerprint density at radius 3 is 1.96 bits per heavy atom. The molecule has 2 aromatic carbocycles. The molecule has 1 heterocycles. The summed E-state index contributed by atoms with van der Waals surface area (Å²) < 4.78 is 0. The SMILES string of the molecule is CC(C)c1ccc(C(=O)Cn2nnc(-c3ccc(C(C)C)cc3)n2)cc1. The van der Waals surface area contributed by atoms with Gasteiger partial charge in [0.1, 0.15) is 6.54 Å². The van der Waals surface area contributed by atoms with Crippen LogP contribution in [0.5, 0.6) is 0 Å². The van der Waals surface area contributed by atoms with Crippen molar-refractivity contribution in [3.63, 3.8) is 0 Å². The smallest absolute Gasteiger partial charge is 0.204 e. The maximum Gasteiger partial charge on any atom is 0.204 e. The molecule has 0 aliphatic carbocycles. The number of nitrogens with zero attached hydrogens (tertiary/aromatic N) is 4. The second-order valence-corrected chi connectivity index (χ2v) is 7.12. The van der Waals surface area contributed by atoms with Gasteiger partial charge in [-0.2, -0.15) is 4.80 Å². The number of Topliss-reactive ketones (excluding diaryl/α,β-unsaturated/α-hetero) is 1. The molecule has 0 fully saturated rings. The fourth-order valence-corrected chi connectivity index (χ4v) is 2.72. The minimum Gasteiger partial charge on any atom is -0.292 e. The van der Waals surface area contributed by atoms with Gasteiger partial charge >= 0.3 is 0 Å². The van der Waals surface area contributed by atoms with Gasteiger partial charge in [0.15, 0.2) is 5.78 Å². The van der Waals surface area contributed by atoms with Crippen molar-refractivity contribution >= 4 is 5.78 Å². The average molecular weight is 348 g/mol. The lowest BCUT2D eigenvalue weighted by Crippen LogP contribution is -2.13. The summed E-state index contributed by atoms with van der Waals surface area (Å²) in [7, 11) is 0. The third-order valence-corrected chi connectivity index (χ3v) is 4.47. The number of hydrogen-bond acceptors (Lipinski definition) is 4. The van der Waals surface area contributed by atoms with Gasteiger partial charge in [-0.05, 0) is 28.2 Å². The normalized spacial score (nSPS) is 11.3. The van der Waals surface area contributed by atoms with Crippen LogP contribution in [0, 0.1) is 0 Å². The molecule has 134 valence electrons. The summed E-state index contributed by atoms with van der Waals surface area (Å²) in [4.78, 5) is 13.8. The number of rotatable bonds is 6. The third kappa shape index (κ3) is 4.04. The second-order valence-electron chi connectivity index (χ2n) is 7.12. The summed E-state index contributed by atoms with van der Waals surface area (Å²) in [6.45, 7) is 8.65. The molecule has 0 saturated heterocycles. The van der Waals surface area contributed by atoms with E-state index in [1.165, 1.54) is 15.9 Å². The Labute approximate surface area is 154 Å². The summed E-state index contributed by atoms with van der Waals surface area (Å²) in [5.41, 5.74) is 4.04. The van der Waals surface area contributed by atoms with E-state index in [-0.39, 0.29) is 12.3 Å². The molecule has 0 bridgehead atoms. The van der Waals surface area contributed by atoms with Crippen LogP contribution < -0.4 is 0 Å². The zero-order valence-electron chi connectivity index (χ0n) is 15.7. The molecule has 0 aliphatic heterocycles. The molecule has 5 nitrogen and oxygen atoms in total. The van der Waals surface area contributed by atoms with Crippen LogP contribution >= 0.6 is 0 Å². The van der Waals surface area contributed by atoms with E-state index in [1.807, 2.05) is 36.4 Å². The van der Waals surface area contributed by atoms with E-state index in [9.17, 15) is 4.79 Å². The number of hydrogen-bond donors (Lipinski definition) is 0. The summed E-state index contributed by atoms with van der Waals surface area (Å²) in [5.74, 6) is 1.43. The first kappa shape index (κ1) is 18.0. The molecule has 3 rings (SSSR count). The van der Waals surface area contributed by atoms with E-state index in [0.717, 1.165) is 5.56 Å². The number of carbonyl (C=O) groups excluding carboxylic acids is 1. The number of ketones is 1. The molecular weight excluding hydrogens is 324 g/mol. The first-order valence-electron chi connectivity index (χ1n) is 8.95. The van der Waals surface area contributed by atoms with Crippen LogP contribution in [0.3, 0.4) is 0 Å². The maximum atomic E-state index is 12.4. The molecule has 1 aromatic heterocycles. The molecule has 0 saturated carbocycles. The molecule has 0 radical (unpaired) electrons. The van der Waals surface area contributed by atoms with E-state index in [4.69, 9.17) is 0 Å². The highest BCUT2D eigenvalue weighted by atomic mass is 16.1. The highest BCUT2D eigenvalue weighted by molar-refractivity contribution is 5.95. The van der Waals surface area contributed by atoms with Crippen molar-refractivity contribution in [2.45, 2.75) is 46.1 Å². The van der Waals surface area contributed by atoms with Crippen LogP contribution in [0.2, 0.25) is 0 Å². The predicted octanol–water partition coefficient (Wildman–Crippen LogP) is 4.47. The van der Waals surface area contributed by atoms with Gasteiger partial charge in [-0.1, -0.05) is 76.2 Å². The Morgan fingerprint density at radius 1 is 0.885 bits per heavy atom. The van der Waals surface area contributed by atoms with Crippen molar-refractivity contribution in [2.75, 3.05) is 0 Å². The van der Waals surface area contributed by atoms with Crippen molar-refractivity contribution in [3.05, 3.63) is 65.2 Å². The molecular formula is C21H24N4O. The first-order chi connectivity index (χ1) is 12.4. The summed E-state index contributed by atoms with van der Waals surface area (Å²) >= 11 is 0. The Hall–Kier alpha value is -2.82. The lowest BCUT2D eigenvalue weighted by atomic mass is 10.0. The van der Waals surface area contributed by atoms with Crippen molar-refractivity contribution in [1.82, 2.24) is 20.2 Å². The van der Waals surface area contributed by atoms with Gasteiger partial charge < -0.3 is 0 Å². The largest absolute Gasteiger partial charge is 0.292 e. The average Bonchev–Trinajstić information content (AvgIpc) is 3.10. The van der Waals surface area contributed by atoms with Gasteiger partial charge in [-0.25, -0.2) is 0 Å². The molecule has 3 aromatic rings. The highest BCUT2D eigenvalue weighted by Gasteiger charge is 2.12. The van der Waals surface area contributed by atoms with E-state index < -0.39 is 0 Å². The number of carbonyl (C=O) groups is 1. The number of aromatic nitrogens is 4. The molecule has 0 N–H and O–H groups in total. The van der Waals surface area contributed by atoms with Crippen LogP contribution in [0.15, 0.2) is 48.5 Å². The molecule has 0 aliphatic rings. The topological polar surface area (TPSA) is 60.7 Å². The van der Waals surface area contributed by atoms with Gasteiger partial charge in [0.05, 0.1) is 0 Å². The summed E-state index contributed by atoms with van der Waals surface area (Å²) in [5, 5.41) is 12.4. The molecule has 26 heavy (non-hydrogen) atoms. The van der Waals surface area contributed by atoms with Gasteiger partial charge in [0.25, 0.3) is 0 Å². The lowest BCUT2D eigenvalue weighted by molar-refractivity contribution is 0.0961. The minimum absolute atomic E-state index is 0.0283. The molecule has 5 heteroatoms. The highest BCUT2D eigenvalue weighted by Crippen LogP contribution is 2.19. The Kier molecular flexibility index (Phi) is 5.26. The van der Waals surface area contributed by atoms with Crippen molar-refractivity contribution in [1.29, 1.82) is 0 Å². The van der Waals surface area contributed by atoms with Crippen LogP contribution in [-0.4, -0.2) is 26.0 Å². The summed E-state index contributed by atoms with van der Waals surface area (Å²) in [6.07, 6.45) is 0. The zero-order chi connectivity index (χ0) is 18.7. The van der Waals surface area contributed by atoms with E-state index in [2.05, 4.69) is 55.2 Å². The predicted molar refractivity (Wildman–Crippen MR) is 102 cm³/mol. The van der Waals surface area contributed by atoms with Crippen LogP contribution in [0.25, 0.3) is 11.4 Å². The van der Waals surface area contributed by atoms with Gasteiger partial charge in [0.2, 0.25) is 5.82 Å². The minimum atomic E-state index is -0.0283. The fraction of sp³-hybridized carbons (Fsp3) is 0.333. The fourth-order valence-electron chi connectivity index (χ4n) is 2.72. The van der Waals surface area contributed by atoms with E-state index in [1.54, 1.807) is 0 Å². The van der Waals surface area contributed by atoms with Gasteiger partial charge in [0, 0.05) is 11.1 Å². The first-order valence-corrected chi connectivity index (χ1v) is 8.95. The van der Waals surface area contributed by atoms with Crippen LogP contribution in [0.1, 0.15) is 61.0 Å². The molecule has 0 atom stereocenters. The molecule has 0 spiro atoms. The number of tetrazole rings is 1. The standard InChI is InChI=1S/C21H24N4O/c1-14(2)16-5-9-18(10-6-16)20(26)13-25-23-21(22-24-25)19-11-7-17(8-12-19)15(3)4/h5-12,14-15H,13H2,1-4H3. The van der Waals surface area contributed by atoms with E-state index in [0.29, 0.717) is 23.2 Å². The Morgan fingerprint density at radius 2 is 1.42 bits per heavy atom. The quantitative estimate of drug-likeness (QED) is 0.617. The van der Waals surface area contributed by atoms with Crippen molar-refractivity contribution in [2.24, 2.45) is 0 Å². The van der Waals surface area contributed by atoms with Gasteiger partial charge in [-0.3, -0.25) is 4.79 Å². The second kappa shape index (κ2) is 7.60. The molecule has 0 unspecified atom stereocenters. The maximum absolute atomic E-state index is 12.4. The number of benzene rings is 2. The van der Waals surface area contributed by atoms with Crippen molar-refractivity contribution < 1.29 is 4.79 Å². The van der Waals surface area contributed by atoms with Crippen LogP contribution in [-0.2, 0) is 6.54 Å². The Bertz CT molecular complexity index is 877. The summed E-state index contributed by atoms with van der Waals surface area (Å²) in [6, 6.07) is 15.8. The third-order valence-electron chi connectivity index (χ3n) is 4.47. The van der Waals surface area contributed by atoms with Crippen LogP contribution in [0.4, 0.5) is 0 Å². The zero-order valence-corrected chi connectivity index (χ0v) is 15.7. The van der Waals surface area contributed by atoms with E-state index >= 15 is 0 Å². The monoisotopic (exact) mass is 348 g/mol. The molecule has 0 amide bonds. The van der Waals surface area contributed by atoms with Gasteiger partial charge in [-0.15, -0.1) is 10.2 Å². The lowest BCUT2D eigenvalue weighted by Gasteiger charge is -2.06. The van der Waals surface area contributed by atoms with Crippen molar-refractivity contribution in [3.8, 4) is 11.4 Å².